The van der Waals surface area contributed by atoms with Gasteiger partial charge in [0.05, 0.1) is 12.1 Å². The molecule has 0 spiro atoms. The summed E-state index contributed by atoms with van der Waals surface area (Å²) in [4.78, 5) is 12.9. The van der Waals surface area contributed by atoms with Crippen LogP contribution < -0.4 is 5.32 Å². The molecule has 0 saturated carbocycles. The number of phenolic OH excluding ortho intramolecular Hbond substituents is 1. The number of carbonyl (C=O) groups excluding carboxylic acids is 1. The van der Waals surface area contributed by atoms with E-state index in [1.54, 1.807) is 11.3 Å². The highest BCUT2D eigenvalue weighted by Gasteiger charge is 2.12. The van der Waals surface area contributed by atoms with E-state index in [0.717, 1.165) is 22.6 Å². The van der Waals surface area contributed by atoms with Gasteiger partial charge >= 0.3 is 0 Å². The fourth-order valence-electron chi connectivity index (χ4n) is 1.54. The fraction of sp³-hybridized carbons (Fsp3) is 0.154. The molecule has 0 aliphatic rings. The molecule has 0 aliphatic carbocycles. The maximum atomic E-state index is 12.8. The number of thiophene rings is 1. The van der Waals surface area contributed by atoms with Gasteiger partial charge in [0, 0.05) is 10.9 Å². The highest BCUT2D eigenvalue weighted by molar-refractivity contribution is 7.10. The molecule has 0 fully saturated rings. The zero-order valence-electron chi connectivity index (χ0n) is 9.74. The molecule has 1 heterocycles. The number of carbonyl (C=O) groups is 1. The number of benzene rings is 1. The van der Waals surface area contributed by atoms with Crippen LogP contribution in [0.4, 0.5) is 4.39 Å². The van der Waals surface area contributed by atoms with Gasteiger partial charge in [-0.2, -0.15) is 0 Å². The van der Waals surface area contributed by atoms with E-state index >= 15 is 0 Å². The molecule has 0 saturated heterocycles. The first-order valence-corrected chi connectivity index (χ1v) is 6.25. The van der Waals surface area contributed by atoms with Crippen molar-refractivity contribution in [2.45, 2.75) is 13.5 Å². The van der Waals surface area contributed by atoms with Crippen LogP contribution >= 0.6 is 11.3 Å². The summed E-state index contributed by atoms with van der Waals surface area (Å²) in [5.41, 5.74) is 1.19. The fourth-order valence-corrected chi connectivity index (χ4v) is 2.38. The average molecular weight is 265 g/mol. The SMILES string of the molecule is Cc1ccsc1CNC(=O)c1ccc(F)cc1O. The predicted octanol–water partition coefficient (Wildman–Crippen LogP) is 2.83. The normalized spacial score (nSPS) is 10.3. The standard InChI is InChI=1S/C13H12FNO2S/c1-8-4-5-18-12(8)7-15-13(17)10-3-2-9(14)6-11(10)16/h2-6,16H,7H2,1H3,(H,15,17). The maximum absolute atomic E-state index is 12.8. The van der Waals surface area contributed by atoms with Gasteiger partial charge in [0.2, 0.25) is 0 Å². The topological polar surface area (TPSA) is 49.3 Å². The van der Waals surface area contributed by atoms with Gasteiger partial charge in [-0.05, 0) is 36.1 Å². The molecular formula is C13H12FNO2S. The van der Waals surface area contributed by atoms with E-state index in [2.05, 4.69) is 5.32 Å². The van der Waals surface area contributed by atoms with Crippen LogP contribution in [0.3, 0.4) is 0 Å². The molecule has 2 aromatic rings. The van der Waals surface area contributed by atoms with Crippen LogP contribution in [0.2, 0.25) is 0 Å². The van der Waals surface area contributed by atoms with Crippen molar-refractivity contribution in [2.24, 2.45) is 0 Å². The van der Waals surface area contributed by atoms with Gasteiger partial charge in [0.25, 0.3) is 5.91 Å². The van der Waals surface area contributed by atoms with E-state index in [-0.39, 0.29) is 11.3 Å². The Hall–Kier alpha value is -1.88. The van der Waals surface area contributed by atoms with Crippen molar-refractivity contribution in [1.82, 2.24) is 5.32 Å². The first kappa shape index (κ1) is 12.6. The Bertz CT molecular complexity index is 580. The van der Waals surface area contributed by atoms with Gasteiger partial charge in [-0.3, -0.25) is 4.79 Å². The molecule has 0 unspecified atom stereocenters. The zero-order chi connectivity index (χ0) is 13.1. The first-order chi connectivity index (χ1) is 8.58. The number of amides is 1. The molecule has 2 rings (SSSR count). The van der Waals surface area contributed by atoms with Crippen molar-refractivity contribution in [2.75, 3.05) is 0 Å². The second-order valence-electron chi connectivity index (χ2n) is 3.87. The van der Waals surface area contributed by atoms with Crippen molar-refractivity contribution < 1.29 is 14.3 Å². The summed E-state index contributed by atoms with van der Waals surface area (Å²) in [6.07, 6.45) is 0. The molecule has 0 aliphatic heterocycles. The number of aryl methyl sites for hydroxylation is 1. The lowest BCUT2D eigenvalue weighted by atomic mass is 10.2. The van der Waals surface area contributed by atoms with Crippen molar-refractivity contribution in [3.8, 4) is 5.75 Å². The predicted molar refractivity (Wildman–Crippen MR) is 68.3 cm³/mol. The summed E-state index contributed by atoms with van der Waals surface area (Å²) < 4.78 is 12.8. The second-order valence-corrected chi connectivity index (χ2v) is 4.87. The summed E-state index contributed by atoms with van der Waals surface area (Å²) in [6.45, 7) is 2.37. The van der Waals surface area contributed by atoms with E-state index in [9.17, 15) is 14.3 Å². The van der Waals surface area contributed by atoms with Crippen LogP contribution in [0.25, 0.3) is 0 Å². The summed E-state index contributed by atoms with van der Waals surface area (Å²) in [6, 6.07) is 5.30. The molecule has 1 amide bonds. The second kappa shape index (κ2) is 5.18. The summed E-state index contributed by atoms with van der Waals surface area (Å²) >= 11 is 1.56. The van der Waals surface area contributed by atoms with Gasteiger partial charge in [-0.25, -0.2) is 4.39 Å². The van der Waals surface area contributed by atoms with Crippen LogP contribution in [0.15, 0.2) is 29.6 Å². The van der Waals surface area contributed by atoms with Crippen molar-refractivity contribution >= 4 is 17.2 Å². The summed E-state index contributed by atoms with van der Waals surface area (Å²) in [5, 5.41) is 14.1. The minimum absolute atomic E-state index is 0.0746. The molecule has 1 aromatic carbocycles. The monoisotopic (exact) mass is 265 g/mol. The third-order valence-corrected chi connectivity index (χ3v) is 3.61. The molecule has 0 bridgehead atoms. The number of nitrogens with one attached hydrogen (secondary N) is 1. The number of halogens is 1. The van der Waals surface area contributed by atoms with E-state index in [0.29, 0.717) is 6.54 Å². The van der Waals surface area contributed by atoms with Crippen LogP contribution in [0.1, 0.15) is 20.8 Å². The lowest BCUT2D eigenvalue weighted by molar-refractivity contribution is 0.0948. The summed E-state index contributed by atoms with van der Waals surface area (Å²) in [7, 11) is 0. The number of phenols is 1. The van der Waals surface area contributed by atoms with E-state index in [1.165, 1.54) is 6.07 Å². The third-order valence-electron chi connectivity index (χ3n) is 2.58. The maximum Gasteiger partial charge on any atom is 0.255 e. The van der Waals surface area contributed by atoms with E-state index in [4.69, 9.17) is 0 Å². The van der Waals surface area contributed by atoms with Crippen LogP contribution in [0.5, 0.6) is 5.75 Å². The Balaban J connectivity index is 2.06. The highest BCUT2D eigenvalue weighted by atomic mass is 32.1. The Kier molecular flexibility index (Phi) is 3.62. The number of aromatic hydroxyl groups is 1. The van der Waals surface area contributed by atoms with Crippen LogP contribution in [-0.2, 0) is 6.54 Å². The molecular weight excluding hydrogens is 253 g/mol. The Labute approximate surface area is 108 Å². The van der Waals surface area contributed by atoms with Crippen LogP contribution in [0, 0.1) is 12.7 Å². The van der Waals surface area contributed by atoms with Crippen molar-refractivity contribution in [1.29, 1.82) is 0 Å². The zero-order valence-corrected chi connectivity index (χ0v) is 10.6. The molecule has 18 heavy (non-hydrogen) atoms. The van der Waals surface area contributed by atoms with Gasteiger partial charge in [0.1, 0.15) is 11.6 Å². The largest absolute Gasteiger partial charge is 0.507 e. The summed E-state index contributed by atoms with van der Waals surface area (Å²) in [5.74, 6) is -1.34. The van der Waals surface area contributed by atoms with Gasteiger partial charge in [-0.15, -0.1) is 11.3 Å². The smallest absolute Gasteiger partial charge is 0.255 e. The Morgan fingerprint density at radius 2 is 2.22 bits per heavy atom. The molecule has 2 N–H and O–H groups in total. The number of hydrogen-bond acceptors (Lipinski definition) is 3. The molecule has 94 valence electrons. The Morgan fingerprint density at radius 3 is 2.83 bits per heavy atom. The van der Waals surface area contributed by atoms with E-state index in [1.807, 2.05) is 18.4 Å². The van der Waals surface area contributed by atoms with Gasteiger partial charge in [0.15, 0.2) is 0 Å². The van der Waals surface area contributed by atoms with Gasteiger partial charge in [-0.1, -0.05) is 0 Å². The van der Waals surface area contributed by atoms with E-state index < -0.39 is 11.7 Å². The lowest BCUT2D eigenvalue weighted by Gasteiger charge is -2.06. The first-order valence-electron chi connectivity index (χ1n) is 5.37. The molecule has 0 radical (unpaired) electrons. The number of hydrogen-bond donors (Lipinski definition) is 2. The minimum Gasteiger partial charge on any atom is -0.507 e. The molecule has 0 atom stereocenters. The average Bonchev–Trinajstić information content (AvgIpc) is 2.72. The third kappa shape index (κ3) is 2.68. The van der Waals surface area contributed by atoms with Gasteiger partial charge < -0.3 is 10.4 Å². The van der Waals surface area contributed by atoms with Crippen molar-refractivity contribution in [3.05, 3.63) is 51.5 Å². The Morgan fingerprint density at radius 1 is 1.44 bits per heavy atom. The molecule has 3 nitrogen and oxygen atoms in total. The number of rotatable bonds is 3. The molecule has 1 aromatic heterocycles. The minimum atomic E-state index is -0.571. The quantitative estimate of drug-likeness (QED) is 0.896. The lowest BCUT2D eigenvalue weighted by Crippen LogP contribution is -2.22. The van der Waals surface area contributed by atoms with Crippen molar-refractivity contribution in [3.63, 3.8) is 0 Å². The molecule has 5 heteroatoms. The van der Waals surface area contributed by atoms with Crippen LogP contribution in [-0.4, -0.2) is 11.0 Å². The highest BCUT2D eigenvalue weighted by Crippen LogP contribution is 2.19.